The molecule has 1 aromatic carbocycles. The number of nitrogens with zero attached hydrogens (tertiary/aromatic N) is 1. The van der Waals surface area contributed by atoms with Gasteiger partial charge in [-0.2, -0.15) is 0 Å². The Labute approximate surface area is 146 Å². The number of ether oxygens (including phenoxy) is 2. The van der Waals surface area contributed by atoms with E-state index < -0.39 is 12.0 Å². The van der Waals surface area contributed by atoms with Crippen LogP contribution in [0.4, 0.5) is 0 Å². The summed E-state index contributed by atoms with van der Waals surface area (Å²) >= 11 is 0. The minimum atomic E-state index is -0.643. The molecule has 0 radical (unpaired) electrons. The molecular weight excluding hydrogens is 322 g/mol. The number of rotatable bonds is 4. The van der Waals surface area contributed by atoms with Crippen LogP contribution in [-0.4, -0.2) is 49.7 Å². The van der Waals surface area contributed by atoms with Gasteiger partial charge in [0.15, 0.2) is 0 Å². The fourth-order valence-electron chi connectivity index (χ4n) is 3.37. The van der Waals surface area contributed by atoms with Crippen LogP contribution in [0, 0.1) is 0 Å². The highest BCUT2D eigenvalue weighted by molar-refractivity contribution is 6.07. The molecule has 1 aliphatic rings. The summed E-state index contributed by atoms with van der Waals surface area (Å²) < 4.78 is 15.8. The maximum Gasteiger partial charge on any atom is 0.328 e. The van der Waals surface area contributed by atoms with Gasteiger partial charge in [0.25, 0.3) is 5.91 Å². The van der Waals surface area contributed by atoms with Gasteiger partial charge < -0.3 is 18.8 Å². The van der Waals surface area contributed by atoms with Crippen LogP contribution in [0.2, 0.25) is 0 Å². The standard InChI is InChI=1S/C19H23NO5/c1-4-12-5-6-17-14(9-12)15(11-25-17)18(21)20-8-7-13(23-2)10-16(20)19(22)24-3/h5-6,9,11,13,16H,4,7-8,10H2,1-3H3/t13-,16-/m0/s1. The first-order chi connectivity index (χ1) is 12.1. The number of carbonyl (C=O) groups is 2. The van der Waals surface area contributed by atoms with Crippen molar-refractivity contribution in [2.75, 3.05) is 20.8 Å². The Morgan fingerprint density at radius 2 is 2.12 bits per heavy atom. The van der Waals surface area contributed by atoms with Crippen LogP contribution in [0.1, 0.15) is 35.7 Å². The van der Waals surface area contributed by atoms with Crippen LogP contribution in [0.15, 0.2) is 28.9 Å². The molecule has 1 aliphatic heterocycles. The van der Waals surface area contributed by atoms with E-state index in [4.69, 9.17) is 13.9 Å². The van der Waals surface area contributed by atoms with Gasteiger partial charge in [0.1, 0.15) is 17.9 Å². The van der Waals surface area contributed by atoms with Gasteiger partial charge in [-0.15, -0.1) is 0 Å². The molecule has 0 bridgehead atoms. The highest BCUT2D eigenvalue weighted by atomic mass is 16.5. The van der Waals surface area contributed by atoms with Gasteiger partial charge in [0.2, 0.25) is 0 Å². The molecule has 134 valence electrons. The average molecular weight is 345 g/mol. The maximum absolute atomic E-state index is 13.1. The predicted molar refractivity (Wildman–Crippen MR) is 92.5 cm³/mol. The van der Waals surface area contributed by atoms with E-state index in [0.29, 0.717) is 30.5 Å². The molecule has 3 rings (SSSR count). The molecule has 6 nitrogen and oxygen atoms in total. The number of hydrogen-bond donors (Lipinski definition) is 0. The Morgan fingerprint density at radius 1 is 1.32 bits per heavy atom. The molecule has 1 amide bonds. The number of carbonyl (C=O) groups excluding carboxylic acids is 2. The fraction of sp³-hybridized carbons (Fsp3) is 0.474. The van der Waals surface area contributed by atoms with Crippen LogP contribution in [-0.2, 0) is 20.7 Å². The molecule has 1 saturated heterocycles. The molecule has 0 N–H and O–H groups in total. The van der Waals surface area contributed by atoms with E-state index in [1.165, 1.54) is 13.4 Å². The predicted octanol–water partition coefficient (Wildman–Crippen LogP) is 2.79. The monoisotopic (exact) mass is 345 g/mol. The summed E-state index contributed by atoms with van der Waals surface area (Å²) in [4.78, 5) is 26.9. The number of esters is 1. The lowest BCUT2D eigenvalue weighted by Crippen LogP contribution is -2.52. The minimum Gasteiger partial charge on any atom is -0.467 e. The lowest BCUT2D eigenvalue weighted by molar-refractivity contribution is -0.149. The Kier molecular flexibility index (Phi) is 5.08. The number of fused-ring (bicyclic) bond motifs is 1. The van der Waals surface area contributed by atoms with E-state index in [1.54, 1.807) is 12.0 Å². The van der Waals surface area contributed by atoms with Crippen molar-refractivity contribution in [1.82, 2.24) is 4.90 Å². The Balaban J connectivity index is 1.94. The zero-order valence-corrected chi connectivity index (χ0v) is 14.8. The summed E-state index contributed by atoms with van der Waals surface area (Å²) in [5, 5.41) is 0.779. The SMILES string of the molecule is CCc1ccc2occ(C(=O)N3CC[C@H](OC)C[C@H]3C(=O)OC)c2c1. The van der Waals surface area contributed by atoms with Gasteiger partial charge in [-0.3, -0.25) is 4.79 Å². The van der Waals surface area contributed by atoms with E-state index in [-0.39, 0.29) is 12.0 Å². The normalized spacial score (nSPS) is 20.7. The second-order valence-electron chi connectivity index (χ2n) is 6.25. The van der Waals surface area contributed by atoms with Gasteiger partial charge in [-0.1, -0.05) is 13.0 Å². The second-order valence-corrected chi connectivity index (χ2v) is 6.25. The number of aryl methyl sites for hydroxylation is 1. The molecule has 25 heavy (non-hydrogen) atoms. The van der Waals surface area contributed by atoms with Crippen molar-refractivity contribution in [2.45, 2.75) is 38.3 Å². The summed E-state index contributed by atoms with van der Waals surface area (Å²) in [7, 11) is 2.95. The zero-order valence-electron chi connectivity index (χ0n) is 14.8. The van der Waals surface area contributed by atoms with Crippen molar-refractivity contribution in [1.29, 1.82) is 0 Å². The number of furan rings is 1. The van der Waals surface area contributed by atoms with E-state index in [2.05, 4.69) is 6.92 Å². The lowest BCUT2D eigenvalue weighted by atomic mass is 9.97. The third-order valence-corrected chi connectivity index (χ3v) is 4.90. The number of benzene rings is 1. The van der Waals surface area contributed by atoms with Gasteiger partial charge in [0, 0.05) is 25.5 Å². The average Bonchev–Trinajstić information content (AvgIpc) is 3.09. The first kappa shape index (κ1) is 17.5. The van der Waals surface area contributed by atoms with Gasteiger partial charge in [0.05, 0.1) is 18.8 Å². The number of likely N-dealkylation sites (tertiary alicyclic amines) is 1. The summed E-state index contributed by atoms with van der Waals surface area (Å²) in [5.41, 5.74) is 2.28. The smallest absolute Gasteiger partial charge is 0.328 e. The molecule has 2 heterocycles. The van der Waals surface area contributed by atoms with E-state index in [0.717, 1.165) is 17.4 Å². The molecule has 2 aromatic rings. The second kappa shape index (κ2) is 7.27. The van der Waals surface area contributed by atoms with Crippen LogP contribution in [0.25, 0.3) is 11.0 Å². The van der Waals surface area contributed by atoms with Gasteiger partial charge >= 0.3 is 5.97 Å². The molecule has 2 atom stereocenters. The van der Waals surface area contributed by atoms with E-state index in [9.17, 15) is 9.59 Å². The molecule has 6 heteroatoms. The molecular formula is C19H23NO5. The van der Waals surface area contributed by atoms with Crippen LogP contribution in [0.3, 0.4) is 0 Å². The maximum atomic E-state index is 13.1. The van der Waals surface area contributed by atoms with Crippen LogP contribution in [0.5, 0.6) is 0 Å². The first-order valence-corrected chi connectivity index (χ1v) is 8.50. The summed E-state index contributed by atoms with van der Waals surface area (Å²) in [6, 6.07) is 5.19. The zero-order chi connectivity index (χ0) is 18.0. The van der Waals surface area contributed by atoms with Crippen molar-refractivity contribution in [3.63, 3.8) is 0 Å². The van der Waals surface area contributed by atoms with Crippen molar-refractivity contribution < 1.29 is 23.5 Å². The number of methoxy groups -OCH3 is 2. The molecule has 0 unspecified atom stereocenters. The number of hydrogen-bond acceptors (Lipinski definition) is 5. The Hall–Kier alpha value is -2.34. The van der Waals surface area contributed by atoms with Crippen molar-refractivity contribution in [2.24, 2.45) is 0 Å². The topological polar surface area (TPSA) is 69.0 Å². The third-order valence-electron chi connectivity index (χ3n) is 4.90. The molecule has 1 fully saturated rings. The quantitative estimate of drug-likeness (QED) is 0.797. The van der Waals surface area contributed by atoms with Crippen molar-refractivity contribution in [3.05, 3.63) is 35.6 Å². The third kappa shape index (κ3) is 3.26. The number of amides is 1. The Bertz CT molecular complexity index is 781. The lowest BCUT2D eigenvalue weighted by Gasteiger charge is -2.37. The highest BCUT2D eigenvalue weighted by Gasteiger charge is 2.38. The van der Waals surface area contributed by atoms with Crippen LogP contribution < -0.4 is 0 Å². The van der Waals surface area contributed by atoms with Crippen LogP contribution >= 0.6 is 0 Å². The molecule has 1 aromatic heterocycles. The van der Waals surface area contributed by atoms with Gasteiger partial charge in [-0.25, -0.2) is 4.79 Å². The van der Waals surface area contributed by atoms with E-state index in [1.807, 2.05) is 18.2 Å². The van der Waals surface area contributed by atoms with Gasteiger partial charge in [-0.05, 0) is 30.5 Å². The largest absolute Gasteiger partial charge is 0.467 e. The van der Waals surface area contributed by atoms with Crippen molar-refractivity contribution in [3.8, 4) is 0 Å². The molecule has 0 aliphatic carbocycles. The summed E-state index contributed by atoms with van der Waals surface area (Å²) in [6.07, 6.45) is 3.42. The number of piperidine rings is 1. The highest BCUT2D eigenvalue weighted by Crippen LogP contribution is 2.28. The molecule has 0 spiro atoms. The van der Waals surface area contributed by atoms with Crippen molar-refractivity contribution >= 4 is 22.8 Å². The molecule has 0 saturated carbocycles. The fourth-order valence-corrected chi connectivity index (χ4v) is 3.37. The summed E-state index contributed by atoms with van der Waals surface area (Å²) in [6.45, 7) is 2.50. The Morgan fingerprint density at radius 3 is 2.80 bits per heavy atom. The summed E-state index contributed by atoms with van der Waals surface area (Å²) in [5.74, 6) is -0.630. The first-order valence-electron chi connectivity index (χ1n) is 8.50. The van der Waals surface area contributed by atoms with E-state index >= 15 is 0 Å². The minimum absolute atomic E-state index is 0.0547.